The fourth-order valence-corrected chi connectivity index (χ4v) is 3.05. The van der Waals surface area contributed by atoms with Crippen molar-refractivity contribution in [2.75, 3.05) is 0 Å². The number of aromatic nitrogens is 3. The topological polar surface area (TPSA) is 47.8 Å². The Morgan fingerprint density at radius 1 is 0.969 bits per heavy atom. The molecule has 2 aromatic heterocycles. The molecule has 4 aromatic rings. The number of halogens is 4. The molecule has 0 aliphatic rings. The number of carbonyl (C=O) groups is 1. The maximum atomic E-state index is 13.3. The quantitative estimate of drug-likeness (QED) is 0.219. The standard InChI is InChI=1S/C24H15F4N3O/c25-20-8-10-21(11-9-20)31-15-18(23(30-31)17-2-1-13-29-14-17)5-12-22(32)16-3-6-19(7-4-16)24(26,27)28/h1-15H. The number of rotatable bonds is 5. The minimum absolute atomic E-state index is 0.128. The average Bonchev–Trinajstić information content (AvgIpc) is 3.22. The summed E-state index contributed by atoms with van der Waals surface area (Å²) in [5.74, 6) is -0.832. The Morgan fingerprint density at radius 2 is 1.69 bits per heavy atom. The summed E-state index contributed by atoms with van der Waals surface area (Å²) >= 11 is 0. The highest BCUT2D eigenvalue weighted by atomic mass is 19.4. The lowest BCUT2D eigenvalue weighted by molar-refractivity contribution is -0.137. The number of pyridine rings is 1. The van der Waals surface area contributed by atoms with E-state index < -0.39 is 17.5 Å². The molecule has 4 nitrogen and oxygen atoms in total. The van der Waals surface area contributed by atoms with E-state index in [9.17, 15) is 22.4 Å². The first kappa shape index (κ1) is 21.2. The molecule has 4 rings (SSSR count). The molecule has 0 atom stereocenters. The van der Waals surface area contributed by atoms with Crippen molar-refractivity contribution in [2.45, 2.75) is 6.18 Å². The van der Waals surface area contributed by atoms with Gasteiger partial charge in [0.2, 0.25) is 0 Å². The first-order valence-corrected chi connectivity index (χ1v) is 9.47. The molecular weight excluding hydrogens is 422 g/mol. The molecule has 0 aliphatic heterocycles. The van der Waals surface area contributed by atoms with Crippen molar-refractivity contribution < 1.29 is 22.4 Å². The Hall–Kier alpha value is -4.07. The third kappa shape index (κ3) is 4.64. The fraction of sp³-hybridized carbons (Fsp3) is 0.0417. The van der Waals surface area contributed by atoms with Crippen LogP contribution < -0.4 is 0 Å². The van der Waals surface area contributed by atoms with Gasteiger partial charge in [-0.2, -0.15) is 18.3 Å². The maximum Gasteiger partial charge on any atom is 0.416 e. The molecule has 0 bridgehead atoms. The summed E-state index contributed by atoms with van der Waals surface area (Å²) in [4.78, 5) is 16.6. The van der Waals surface area contributed by atoms with Crippen LogP contribution in [0, 0.1) is 5.82 Å². The van der Waals surface area contributed by atoms with Crippen LogP contribution in [0.3, 0.4) is 0 Å². The van der Waals surface area contributed by atoms with E-state index in [1.165, 1.54) is 24.3 Å². The van der Waals surface area contributed by atoms with Crippen LogP contribution in [-0.2, 0) is 6.18 Å². The van der Waals surface area contributed by atoms with Crippen LogP contribution in [-0.4, -0.2) is 20.5 Å². The number of benzene rings is 2. The van der Waals surface area contributed by atoms with Crippen molar-refractivity contribution in [3.63, 3.8) is 0 Å². The molecule has 0 unspecified atom stereocenters. The van der Waals surface area contributed by atoms with Crippen molar-refractivity contribution in [3.8, 4) is 16.9 Å². The summed E-state index contributed by atoms with van der Waals surface area (Å²) in [6.07, 6.45) is 3.25. The third-order valence-corrected chi connectivity index (χ3v) is 4.68. The molecule has 0 amide bonds. The Labute approximate surface area is 180 Å². The second-order valence-electron chi connectivity index (χ2n) is 6.87. The van der Waals surface area contributed by atoms with Gasteiger partial charge in [0.15, 0.2) is 5.78 Å². The van der Waals surface area contributed by atoms with Crippen LogP contribution in [0.15, 0.2) is 85.3 Å². The van der Waals surface area contributed by atoms with E-state index in [-0.39, 0.29) is 11.4 Å². The van der Waals surface area contributed by atoms with Crippen LogP contribution in [0.2, 0.25) is 0 Å². The largest absolute Gasteiger partial charge is 0.416 e. The maximum absolute atomic E-state index is 13.3. The zero-order chi connectivity index (χ0) is 22.7. The number of hydrogen-bond acceptors (Lipinski definition) is 3. The predicted octanol–water partition coefficient (Wildman–Crippen LogP) is 5.99. The van der Waals surface area contributed by atoms with Gasteiger partial charge >= 0.3 is 6.18 Å². The van der Waals surface area contributed by atoms with Gasteiger partial charge in [-0.25, -0.2) is 9.07 Å². The monoisotopic (exact) mass is 437 g/mol. The summed E-state index contributed by atoms with van der Waals surface area (Å²) in [5, 5.41) is 4.54. The number of hydrogen-bond donors (Lipinski definition) is 0. The average molecular weight is 437 g/mol. The van der Waals surface area contributed by atoms with E-state index >= 15 is 0 Å². The second kappa shape index (κ2) is 8.58. The van der Waals surface area contributed by atoms with Crippen LogP contribution in [0.5, 0.6) is 0 Å². The predicted molar refractivity (Wildman–Crippen MR) is 112 cm³/mol. The molecule has 0 N–H and O–H groups in total. The lowest BCUT2D eigenvalue weighted by Gasteiger charge is -2.06. The SMILES string of the molecule is O=C(C=Cc1cn(-c2ccc(F)cc2)nc1-c1cccnc1)c1ccc(C(F)(F)F)cc1. The molecule has 2 heterocycles. The highest BCUT2D eigenvalue weighted by Gasteiger charge is 2.30. The second-order valence-corrected chi connectivity index (χ2v) is 6.87. The molecular formula is C24H15F4N3O. The van der Waals surface area contributed by atoms with Gasteiger partial charge in [-0.3, -0.25) is 9.78 Å². The van der Waals surface area contributed by atoms with Gasteiger partial charge < -0.3 is 0 Å². The molecule has 0 radical (unpaired) electrons. The Bertz CT molecular complexity index is 1260. The zero-order valence-electron chi connectivity index (χ0n) is 16.4. The molecule has 32 heavy (non-hydrogen) atoms. The normalized spacial score (nSPS) is 11.8. The van der Waals surface area contributed by atoms with Crippen molar-refractivity contribution in [3.05, 3.63) is 108 Å². The van der Waals surface area contributed by atoms with Gasteiger partial charge in [0.25, 0.3) is 0 Å². The van der Waals surface area contributed by atoms with Gasteiger partial charge in [-0.05, 0) is 60.7 Å². The number of ketones is 1. The summed E-state index contributed by atoms with van der Waals surface area (Å²) in [6, 6.07) is 13.3. The molecule has 8 heteroatoms. The van der Waals surface area contributed by atoms with Gasteiger partial charge in [0.05, 0.1) is 11.3 Å². The smallest absolute Gasteiger partial charge is 0.289 e. The van der Waals surface area contributed by atoms with Crippen molar-refractivity contribution in [1.82, 2.24) is 14.8 Å². The molecule has 2 aromatic carbocycles. The van der Waals surface area contributed by atoms with E-state index in [0.29, 0.717) is 22.5 Å². The minimum Gasteiger partial charge on any atom is -0.289 e. The van der Waals surface area contributed by atoms with Gasteiger partial charge in [0.1, 0.15) is 11.5 Å². The zero-order valence-corrected chi connectivity index (χ0v) is 16.4. The highest BCUT2D eigenvalue weighted by Crippen LogP contribution is 2.29. The van der Waals surface area contributed by atoms with Gasteiger partial charge in [-0.1, -0.05) is 12.1 Å². The highest BCUT2D eigenvalue weighted by molar-refractivity contribution is 6.07. The number of carbonyl (C=O) groups excluding carboxylic acids is 1. The number of allylic oxidation sites excluding steroid dienone is 1. The lowest BCUT2D eigenvalue weighted by atomic mass is 10.1. The van der Waals surface area contributed by atoms with Gasteiger partial charge in [0, 0.05) is 35.3 Å². The Kier molecular flexibility index (Phi) is 5.68. The fourth-order valence-electron chi connectivity index (χ4n) is 3.05. The summed E-state index contributed by atoms with van der Waals surface area (Å²) in [5.41, 5.74) is 1.75. The minimum atomic E-state index is -4.47. The molecule has 0 saturated heterocycles. The molecule has 0 aliphatic carbocycles. The van der Waals surface area contributed by atoms with E-state index in [2.05, 4.69) is 10.1 Å². The molecule has 0 spiro atoms. The third-order valence-electron chi connectivity index (χ3n) is 4.68. The van der Waals surface area contributed by atoms with E-state index in [4.69, 9.17) is 0 Å². The van der Waals surface area contributed by atoms with E-state index in [1.54, 1.807) is 47.5 Å². The molecule has 160 valence electrons. The van der Waals surface area contributed by atoms with Crippen LogP contribution in [0.1, 0.15) is 21.5 Å². The number of nitrogens with zero attached hydrogens (tertiary/aromatic N) is 3. The lowest BCUT2D eigenvalue weighted by Crippen LogP contribution is -2.05. The summed E-state index contributed by atoms with van der Waals surface area (Å²) < 4.78 is 53.0. The first-order chi connectivity index (χ1) is 15.3. The van der Waals surface area contributed by atoms with E-state index in [0.717, 1.165) is 24.3 Å². The van der Waals surface area contributed by atoms with Crippen molar-refractivity contribution in [2.24, 2.45) is 0 Å². The first-order valence-electron chi connectivity index (χ1n) is 9.47. The number of alkyl halides is 3. The summed E-state index contributed by atoms with van der Waals surface area (Å²) in [7, 11) is 0. The van der Waals surface area contributed by atoms with Crippen LogP contribution in [0.4, 0.5) is 17.6 Å². The van der Waals surface area contributed by atoms with Crippen molar-refractivity contribution in [1.29, 1.82) is 0 Å². The van der Waals surface area contributed by atoms with Gasteiger partial charge in [-0.15, -0.1) is 0 Å². The van der Waals surface area contributed by atoms with Crippen molar-refractivity contribution >= 4 is 11.9 Å². The summed E-state index contributed by atoms with van der Waals surface area (Å²) in [6.45, 7) is 0. The molecule has 0 fully saturated rings. The molecule has 0 saturated carbocycles. The Balaban J connectivity index is 1.66. The van der Waals surface area contributed by atoms with Crippen LogP contribution in [0.25, 0.3) is 23.0 Å². The van der Waals surface area contributed by atoms with E-state index in [1.807, 2.05) is 0 Å². The Morgan fingerprint density at radius 3 is 2.31 bits per heavy atom. The van der Waals surface area contributed by atoms with Crippen LogP contribution >= 0.6 is 0 Å².